The summed E-state index contributed by atoms with van der Waals surface area (Å²) in [7, 11) is -1.35. The number of nitrogens with zero attached hydrogens (tertiary/aromatic N) is 1. The lowest BCUT2D eigenvalue weighted by Gasteiger charge is -2.29. The molecule has 1 unspecified atom stereocenters. The van der Waals surface area contributed by atoms with Crippen molar-refractivity contribution in [1.82, 2.24) is 4.90 Å². The summed E-state index contributed by atoms with van der Waals surface area (Å²) in [6.07, 6.45) is 1.90. The van der Waals surface area contributed by atoms with Gasteiger partial charge in [-0.25, -0.2) is 0 Å². The summed E-state index contributed by atoms with van der Waals surface area (Å²) in [5.41, 5.74) is 15.7. The van der Waals surface area contributed by atoms with Crippen LogP contribution >= 0.6 is 0 Å². The highest BCUT2D eigenvalue weighted by Crippen LogP contribution is 2.18. The van der Waals surface area contributed by atoms with Gasteiger partial charge in [0.1, 0.15) is 5.54 Å². The Bertz CT molecular complexity index is 290. The van der Waals surface area contributed by atoms with Crippen molar-refractivity contribution in [2.75, 3.05) is 32.7 Å². The van der Waals surface area contributed by atoms with Crippen LogP contribution in [0.2, 0.25) is 6.32 Å². The van der Waals surface area contributed by atoms with Crippen molar-refractivity contribution in [1.29, 1.82) is 0 Å². The number of nitrogens with two attached hydrogens (primary N) is 3. The Morgan fingerprint density at radius 1 is 1.05 bits per heavy atom. The van der Waals surface area contributed by atoms with Gasteiger partial charge in [-0.3, -0.25) is 4.79 Å². The van der Waals surface area contributed by atoms with Gasteiger partial charge in [-0.1, -0.05) is 12.8 Å². The molecule has 124 valence electrons. The minimum Gasteiger partial charge on any atom is -0.480 e. The summed E-state index contributed by atoms with van der Waals surface area (Å²) in [4.78, 5) is 13.4. The molecule has 0 amide bonds. The first-order chi connectivity index (χ1) is 9.85. The SMILES string of the molecule is NCCN(CCN)CCC(N)(CCCCB(O)O)C(=O)O. The highest BCUT2D eigenvalue weighted by Gasteiger charge is 2.33. The lowest BCUT2D eigenvalue weighted by molar-refractivity contribution is -0.144. The van der Waals surface area contributed by atoms with E-state index in [1.54, 1.807) is 0 Å². The van der Waals surface area contributed by atoms with Crippen LogP contribution in [-0.4, -0.2) is 71.4 Å². The largest absolute Gasteiger partial charge is 0.480 e. The first-order valence-electron chi connectivity index (χ1n) is 7.36. The molecule has 21 heavy (non-hydrogen) atoms. The second-order valence-corrected chi connectivity index (χ2v) is 5.36. The Labute approximate surface area is 126 Å². The first kappa shape index (κ1) is 20.3. The number of carboxylic acid groups (broad SMARTS) is 1. The summed E-state index contributed by atoms with van der Waals surface area (Å²) >= 11 is 0. The molecule has 0 aliphatic rings. The normalized spacial score (nSPS) is 14.2. The summed E-state index contributed by atoms with van der Waals surface area (Å²) in [6.45, 7) is 2.81. The maximum absolute atomic E-state index is 11.4. The zero-order valence-corrected chi connectivity index (χ0v) is 12.6. The van der Waals surface area contributed by atoms with Gasteiger partial charge in [0.15, 0.2) is 0 Å². The van der Waals surface area contributed by atoms with Crippen LogP contribution in [0.15, 0.2) is 0 Å². The molecule has 0 spiro atoms. The van der Waals surface area contributed by atoms with Crippen LogP contribution in [-0.2, 0) is 4.79 Å². The Balaban J connectivity index is 4.33. The number of rotatable bonds is 13. The monoisotopic (exact) mass is 304 g/mol. The topological polar surface area (TPSA) is 159 Å². The Hall–Kier alpha value is -0.705. The van der Waals surface area contributed by atoms with E-state index < -0.39 is 18.6 Å². The standard InChI is InChI=1S/C12H29BN4O4/c14-6-9-17(10-7-15)8-4-12(16,11(18)19)3-1-2-5-13(20)21/h20-21H,1-10,14-16H2,(H,18,19). The second kappa shape index (κ2) is 10.9. The fourth-order valence-electron chi connectivity index (χ4n) is 2.16. The molecule has 0 saturated carbocycles. The van der Waals surface area contributed by atoms with E-state index in [0.717, 1.165) is 0 Å². The van der Waals surface area contributed by atoms with Crippen molar-refractivity contribution >= 4 is 13.1 Å². The minimum absolute atomic E-state index is 0.224. The van der Waals surface area contributed by atoms with Crippen LogP contribution in [0.5, 0.6) is 0 Å². The quantitative estimate of drug-likeness (QED) is 0.169. The Morgan fingerprint density at radius 2 is 1.62 bits per heavy atom. The zero-order chi connectivity index (χ0) is 16.3. The van der Waals surface area contributed by atoms with Gasteiger partial charge < -0.3 is 37.3 Å². The molecule has 0 heterocycles. The highest BCUT2D eigenvalue weighted by molar-refractivity contribution is 6.40. The molecule has 0 aromatic rings. The van der Waals surface area contributed by atoms with Gasteiger partial charge in [0.2, 0.25) is 0 Å². The van der Waals surface area contributed by atoms with Crippen LogP contribution < -0.4 is 17.2 Å². The van der Waals surface area contributed by atoms with Gasteiger partial charge in [-0.05, 0) is 19.2 Å². The van der Waals surface area contributed by atoms with Gasteiger partial charge in [-0.2, -0.15) is 0 Å². The molecule has 0 aliphatic carbocycles. The fraction of sp³-hybridized carbons (Fsp3) is 0.917. The number of hydrogen-bond donors (Lipinski definition) is 6. The van der Waals surface area contributed by atoms with Crippen molar-refractivity contribution in [2.24, 2.45) is 17.2 Å². The van der Waals surface area contributed by atoms with Crippen LogP contribution in [0.25, 0.3) is 0 Å². The van der Waals surface area contributed by atoms with Crippen LogP contribution in [0, 0.1) is 0 Å². The van der Waals surface area contributed by atoms with Crippen molar-refractivity contribution in [3.8, 4) is 0 Å². The maximum atomic E-state index is 11.4. The molecule has 0 bridgehead atoms. The van der Waals surface area contributed by atoms with Gasteiger partial charge in [0, 0.05) is 32.7 Å². The second-order valence-electron chi connectivity index (χ2n) is 5.36. The minimum atomic E-state index is -1.35. The van der Waals surface area contributed by atoms with E-state index in [4.69, 9.17) is 27.2 Å². The zero-order valence-electron chi connectivity index (χ0n) is 12.6. The summed E-state index contributed by atoms with van der Waals surface area (Å²) < 4.78 is 0. The smallest absolute Gasteiger partial charge is 0.451 e. The molecule has 0 radical (unpaired) electrons. The lowest BCUT2D eigenvalue weighted by atomic mass is 9.81. The molecule has 0 aliphatic heterocycles. The molecule has 1 atom stereocenters. The van der Waals surface area contributed by atoms with Crippen molar-refractivity contribution in [3.05, 3.63) is 0 Å². The van der Waals surface area contributed by atoms with E-state index in [-0.39, 0.29) is 6.32 Å². The number of carboxylic acids is 1. The van der Waals surface area contributed by atoms with Gasteiger partial charge in [0.05, 0.1) is 0 Å². The summed E-state index contributed by atoms with van der Waals surface area (Å²) in [5, 5.41) is 26.8. The van der Waals surface area contributed by atoms with Gasteiger partial charge in [-0.15, -0.1) is 0 Å². The number of carbonyl (C=O) groups is 1. The highest BCUT2D eigenvalue weighted by atomic mass is 16.4. The Morgan fingerprint density at radius 3 is 2.05 bits per heavy atom. The van der Waals surface area contributed by atoms with Crippen LogP contribution in [0.3, 0.4) is 0 Å². The molecule has 0 fully saturated rings. The van der Waals surface area contributed by atoms with Gasteiger partial charge >= 0.3 is 13.1 Å². The third-order valence-electron chi connectivity index (χ3n) is 3.53. The van der Waals surface area contributed by atoms with E-state index in [1.807, 2.05) is 4.90 Å². The first-order valence-corrected chi connectivity index (χ1v) is 7.36. The van der Waals surface area contributed by atoms with E-state index in [2.05, 4.69) is 0 Å². The van der Waals surface area contributed by atoms with E-state index >= 15 is 0 Å². The molecule has 0 rings (SSSR count). The molecule has 0 saturated heterocycles. The number of aliphatic carboxylic acids is 1. The predicted molar refractivity (Wildman–Crippen MR) is 82.6 cm³/mol. The number of hydrogen-bond acceptors (Lipinski definition) is 7. The lowest BCUT2D eigenvalue weighted by Crippen LogP contribution is -2.50. The van der Waals surface area contributed by atoms with Crippen molar-refractivity contribution < 1.29 is 19.9 Å². The van der Waals surface area contributed by atoms with Crippen LogP contribution in [0.4, 0.5) is 0 Å². The third-order valence-corrected chi connectivity index (χ3v) is 3.53. The fourth-order valence-corrected chi connectivity index (χ4v) is 2.16. The van der Waals surface area contributed by atoms with Crippen molar-refractivity contribution in [3.63, 3.8) is 0 Å². The molecular weight excluding hydrogens is 275 g/mol. The molecule has 8 nitrogen and oxygen atoms in total. The molecular formula is C12H29BN4O4. The average Bonchev–Trinajstić information content (AvgIpc) is 2.41. The molecule has 9 heteroatoms. The molecule has 0 aromatic heterocycles. The van der Waals surface area contributed by atoms with Crippen LogP contribution in [0.1, 0.15) is 25.7 Å². The number of unbranched alkanes of at least 4 members (excludes halogenated alkanes) is 1. The van der Waals surface area contributed by atoms with E-state index in [9.17, 15) is 9.90 Å². The van der Waals surface area contributed by atoms with E-state index in [1.165, 1.54) is 0 Å². The average molecular weight is 304 g/mol. The van der Waals surface area contributed by atoms with E-state index in [0.29, 0.717) is 58.4 Å². The molecule has 0 aromatic carbocycles. The van der Waals surface area contributed by atoms with Gasteiger partial charge in [0.25, 0.3) is 0 Å². The Kier molecular flexibility index (Phi) is 10.6. The predicted octanol–water partition coefficient (Wildman–Crippen LogP) is -1.98. The third kappa shape index (κ3) is 9.02. The summed E-state index contributed by atoms with van der Waals surface area (Å²) in [5.74, 6) is -1.03. The maximum Gasteiger partial charge on any atom is 0.451 e. The summed E-state index contributed by atoms with van der Waals surface area (Å²) in [6, 6.07) is 0. The van der Waals surface area contributed by atoms with Crippen molar-refractivity contribution in [2.45, 2.75) is 37.5 Å². The molecule has 9 N–H and O–H groups in total.